The number of aromatic nitrogens is 4. The molecule has 5 amide bonds. The van der Waals surface area contributed by atoms with Crippen LogP contribution in [0.1, 0.15) is 48.8 Å². The molecule has 5 aromatic rings. The quantitative estimate of drug-likeness (QED) is 0.0655. The number of nitrogens with zero attached hydrogens (tertiary/aromatic N) is 7. The molecule has 1 aliphatic carbocycles. The monoisotopic (exact) mass is 1110 g/mol. The van der Waals surface area contributed by atoms with Gasteiger partial charge in [0, 0.05) is 75.0 Å². The van der Waals surface area contributed by atoms with Crippen LogP contribution in [0.5, 0.6) is 5.88 Å². The van der Waals surface area contributed by atoms with Crippen molar-refractivity contribution in [1.29, 1.82) is 0 Å². The summed E-state index contributed by atoms with van der Waals surface area (Å²) in [5.74, 6) is -2.30. The van der Waals surface area contributed by atoms with Crippen molar-refractivity contribution in [2.45, 2.75) is 63.5 Å². The summed E-state index contributed by atoms with van der Waals surface area (Å²) in [5, 5.41) is 19.1. The predicted molar refractivity (Wildman–Crippen MR) is 287 cm³/mol. The summed E-state index contributed by atoms with van der Waals surface area (Å²) >= 11 is 6.20. The van der Waals surface area contributed by atoms with Crippen LogP contribution in [0, 0.1) is 11.7 Å². The molecule has 19 nitrogen and oxygen atoms in total. The lowest BCUT2D eigenvalue weighted by Gasteiger charge is -2.40. The fraction of sp³-hybridized carbons (Fsp3) is 0.429. The molecular weight excluding hydrogens is 1050 g/mol. The first kappa shape index (κ1) is 56.1. The fourth-order valence-corrected chi connectivity index (χ4v) is 10.9. The number of imide groups is 2. The number of nitrogens with one attached hydrogen (secondary N) is 2. The molecule has 78 heavy (non-hydrogen) atoms. The molecule has 4 saturated heterocycles. The summed E-state index contributed by atoms with van der Waals surface area (Å²) in [6.45, 7) is 6.92. The number of ether oxygens (including phenoxy) is 3. The van der Waals surface area contributed by atoms with Crippen LogP contribution >= 0.6 is 24.0 Å². The third-order valence-electron chi connectivity index (χ3n) is 15.0. The Hall–Kier alpha value is -6.65. The number of piperidine rings is 2. The summed E-state index contributed by atoms with van der Waals surface area (Å²) in [5.41, 5.74) is 5.71. The van der Waals surface area contributed by atoms with E-state index < -0.39 is 35.7 Å². The highest BCUT2D eigenvalue weighted by atomic mass is 35.5. The zero-order valence-electron chi connectivity index (χ0n) is 43.0. The number of piperazine rings is 1. The molecule has 4 aliphatic heterocycles. The largest absolute Gasteiger partial charge is 0.493 e. The van der Waals surface area contributed by atoms with Crippen LogP contribution in [-0.4, -0.2) is 177 Å². The van der Waals surface area contributed by atoms with Crippen molar-refractivity contribution in [3.05, 3.63) is 118 Å². The van der Waals surface area contributed by atoms with E-state index in [1.807, 2.05) is 40.1 Å². The van der Waals surface area contributed by atoms with Gasteiger partial charge in [-0.2, -0.15) is 9.78 Å². The van der Waals surface area contributed by atoms with Gasteiger partial charge in [-0.05, 0) is 104 Å². The number of aryl methyl sites for hydroxylation is 2. The Labute approximate surface area is 461 Å². The van der Waals surface area contributed by atoms with E-state index in [2.05, 4.69) is 20.2 Å². The number of ketones is 1. The zero-order valence-corrected chi connectivity index (χ0v) is 44.6. The van der Waals surface area contributed by atoms with Gasteiger partial charge in [-0.15, -0.1) is 12.4 Å². The normalized spacial score (nSPS) is 19.5. The number of benzene rings is 3. The fourth-order valence-electron chi connectivity index (χ4n) is 10.7. The molecule has 0 spiro atoms. The maximum absolute atomic E-state index is 13.6. The van der Waals surface area contributed by atoms with E-state index >= 15 is 0 Å². The van der Waals surface area contributed by atoms with Gasteiger partial charge in [-0.25, -0.2) is 9.37 Å². The standard InChI is InChI=1S/C56H61ClFN9O10.ClH/c57-39-10-14-44-45(30-39)60-56(59-44)67-55(74)41(13-7-36-5-11-40(58)12-6-36)51(62-67)38-8-3-35(4-9-38)2-1-25-75-26-27-76-28-29-77-34-50(70)65-19-17-37(18-20-65)33-63-21-23-64(24-22-63)47-31-42-43(32-48(47)68)54(73)66(53(42)72)46-15-16-49(69)61-52(46)71;/h3-6,8-12,14,30-32,37,46-47,74H,1-2,7,13,15-29,33-34H2,(H,59,60)(H,61,69,71);1H. The van der Waals surface area contributed by atoms with Crippen molar-refractivity contribution in [2.75, 3.05) is 85.5 Å². The molecule has 22 heteroatoms. The lowest BCUT2D eigenvalue weighted by Crippen LogP contribution is -2.54. The predicted octanol–water partition coefficient (Wildman–Crippen LogP) is 4.94. The second-order valence-electron chi connectivity index (χ2n) is 20.1. The number of fused-ring (bicyclic) bond motifs is 2. The van der Waals surface area contributed by atoms with Gasteiger partial charge >= 0.3 is 0 Å². The number of halogens is 3. The molecule has 2 unspecified atom stereocenters. The van der Waals surface area contributed by atoms with Crippen LogP contribution < -0.4 is 5.32 Å². The molecule has 0 saturated carbocycles. The summed E-state index contributed by atoms with van der Waals surface area (Å²) in [6.07, 6.45) is 7.26. The minimum Gasteiger partial charge on any atom is -0.493 e. The summed E-state index contributed by atoms with van der Waals surface area (Å²) in [4.78, 5) is 91.8. The molecule has 2 aromatic heterocycles. The van der Waals surface area contributed by atoms with Gasteiger partial charge < -0.3 is 34.1 Å². The minimum absolute atomic E-state index is 0. The lowest BCUT2D eigenvalue weighted by molar-refractivity contribution is -0.149. The first-order chi connectivity index (χ1) is 37.4. The average Bonchev–Trinajstić information content (AvgIpc) is 4.31. The van der Waals surface area contributed by atoms with Crippen molar-refractivity contribution in [3.63, 3.8) is 0 Å². The Balaban J connectivity index is 0.00000740. The highest BCUT2D eigenvalue weighted by Crippen LogP contribution is 2.35. The minimum atomic E-state index is -1.09. The van der Waals surface area contributed by atoms with Gasteiger partial charge in [0.2, 0.25) is 29.5 Å². The second kappa shape index (κ2) is 25.4. The number of carbonyl (C=O) groups excluding carboxylic acids is 6. The van der Waals surface area contributed by atoms with Gasteiger partial charge in [0.25, 0.3) is 11.8 Å². The molecule has 4 fully saturated rings. The smallest absolute Gasteiger partial charge is 0.262 e. The molecule has 0 bridgehead atoms. The first-order valence-corrected chi connectivity index (χ1v) is 26.7. The Morgan fingerprint density at radius 1 is 0.782 bits per heavy atom. The molecule has 2 atom stereocenters. The molecule has 412 valence electrons. The molecule has 0 radical (unpaired) electrons. The van der Waals surface area contributed by atoms with E-state index in [-0.39, 0.29) is 66.4 Å². The molecule has 6 heterocycles. The van der Waals surface area contributed by atoms with Gasteiger partial charge in [-0.1, -0.05) is 48.0 Å². The van der Waals surface area contributed by atoms with Crippen LogP contribution in [0.3, 0.4) is 0 Å². The van der Waals surface area contributed by atoms with Crippen LogP contribution in [0.25, 0.3) is 28.2 Å². The third-order valence-corrected chi connectivity index (χ3v) is 15.2. The van der Waals surface area contributed by atoms with E-state index in [0.29, 0.717) is 106 Å². The van der Waals surface area contributed by atoms with E-state index in [1.54, 1.807) is 30.3 Å². The van der Waals surface area contributed by atoms with Crippen molar-refractivity contribution in [1.82, 2.24) is 44.7 Å². The van der Waals surface area contributed by atoms with E-state index in [0.717, 1.165) is 72.4 Å². The van der Waals surface area contributed by atoms with E-state index in [1.165, 1.54) is 22.9 Å². The van der Waals surface area contributed by atoms with Crippen molar-refractivity contribution in [2.24, 2.45) is 5.92 Å². The number of hydrogen-bond acceptors (Lipinski definition) is 14. The number of imidazole rings is 1. The van der Waals surface area contributed by atoms with Crippen molar-refractivity contribution in [3.8, 4) is 23.1 Å². The van der Waals surface area contributed by atoms with Gasteiger partial charge in [0.05, 0.1) is 54.6 Å². The number of likely N-dealkylation sites (tertiary alicyclic amines) is 2. The van der Waals surface area contributed by atoms with Crippen molar-refractivity contribution >= 4 is 70.4 Å². The highest BCUT2D eigenvalue weighted by Gasteiger charge is 2.49. The molecule has 3 N–H and O–H groups in total. The highest BCUT2D eigenvalue weighted by molar-refractivity contribution is 6.31. The van der Waals surface area contributed by atoms with E-state index in [4.69, 9.17) is 30.9 Å². The maximum atomic E-state index is 13.6. The Morgan fingerprint density at radius 3 is 2.19 bits per heavy atom. The van der Waals surface area contributed by atoms with Gasteiger partial charge in [0.1, 0.15) is 24.2 Å². The SMILES string of the molecule is Cl.O=C1CCC(N2C(=O)C3=CC(=O)C(N4CCN(CC5CCN(C(=O)COCCOCCOCCCc6ccc(-c7nn(-c8nc9cc(Cl)ccc9[nH]8)c(O)c7CCc7ccc(F)cc7)cc6)CC5)CC4)C=C3C2=O)C(=O)N1. The number of hydrogen-bond donors (Lipinski definition) is 3. The Kier molecular flexibility index (Phi) is 18.3. The summed E-state index contributed by atoms with van der Waals surface area (Å²) in [7, 11) is 0. The molecule has 10 rings (SSSR count). The van der Waals surface area contributed by atoms with Crippen LogP contribution in [0.15, 0.2) is 90.0 Å². The van der Waals surface area contributed by atoms with Gasteiger partial charge in [0.15, 0.2) is 5.78 Å². The van der Waals surface area contributed by atoms with Crippen LogP contribution in [0.2, 0.25) is 5.02 Å². The molecular formula is C56H62Cl2FN9O10. The van der Waals surface area contributed by atoms with Gasteiger partial charge in [-0.3, -0.25) is 43.9 Å². The molecule has 5 aliphatic rings. The summed E-state index contributed by atoms with van der Waals surface area (Å²) < 4.78 is 32.2. The first-order valence-electron chi connectivity index (χ1n) is 26.3. The third kappa shape index (κ3) is 12.9. The number of aromatic hydroxyl groups is 1. The number of rotatable bonds is 21. The number of amides is 5. The Morgan fingerprint density at radius 2 is 1.46 bits per heavy atom. The number of H-pyrrole nitrogens is 1. The number of aromatic amines is 1. The topological polar surface area (TPSA) is 222 Å². The lowest BCUT2D eigenvalue weighted by atomic mass is 9.93. The zero-order chi connectivity index (χ0) is 53.6. The summed E-state index contributed by atoms with van der Waals surface area (Å²) in [6, 6.07) is 18.0. The van der Waals surface area contributed by atoms with Crippen LogP contribution in [0.4, 0.5) is 4.39 Å². The molecule has 3 aromatic carbocycles. The average molecular weight is 1110 g/mol. The Bertz CT molecular complexity index is 3090. The van der Waals surface area contributed by atoms with E-state index in [9.17, 15) is 38.3 Å². The van der Waals surface area contributed by atoms with Crippen LogP contribution in [-0.2, 0) is 62.2 Å². The van der Waals surface area contributed by atoms with Crippen molar-refractivity contribution < 1.29 is 52.5 Å². The second-order valence-corrected chi connectivity index (χ2v) is 20.5. The number of carbonyl (C=O) groups is 6. The maximum Gasteiger partial charge on any atom is 0.262 e.